The number of imide groups is 2. The van der Waals surface area contributed by atoms with Gasteiger partial charge in [0.2, 0.25) is 17.6 Å². The van der Waals surface area contributed by atoms with E-state index in [4.69, 9.17) is 33.0 Å². The molecule has 0 aromatic heterocycles. The fourth-order valence-corrected chi connectivity index (χ4v) is 9.11. The number of likely N-dealkylation sites (tertiary alicyclic amines) is 1. The Bertz CT molecular complexity index is 2160. The van der Waals surface area contributed by atoms with Gasteiger partial charge in [0.1, 0.15) is 23.8 Å². The van der Waals surface area contributed by atoms with E-state index >= 15 is 8.78 Å². The summed E-state index contributed by atoms with van der Waals surface area (Å²) in [5.74, 6) is -24.0. The van der Waals surface area contributed by atoms with Crippen LogP contribution < -0.4 is 9.64 Å². The minimum absolute atomic E-state index is 0.0690. The lowest BCUT2D eigenvalue weighted by atomic mass is 9.56. The van der Waals surface area contributed by atoms with E-state index in [9.17, 15) is 42.3 Å². The van der Waals surface area contributed by atoms with E-state index in [0.29, 0.717) is 0 Å². The first-order valence-electron chi connectivity index (χ1n) is 16.6. The minimum Gasteiger partial charge on any atom is -0.508 e. The third-order valence-electron chi connectivity index (χ3n) is 10.6. The molecule has 54 heavy (non-hydrogen) atoms. The third-order valence-corrected chi connectivity index (χ3v) is 12.1. The predicted octanol–water partition coefficient (Wildman–Crippen LogP) is 6.09. The molecule has 3 aromatic carbocycles. The molecule has 2 saturated heterocycles. The zero-order valence-electron chi connectivity index (χ0n) is 27.6. The molecule has 6 unspecified atom stereocenters. The number of benzene rings is 3. The van der Waals surface area contributed by atoms with Crippen LogP contribution in [0.5, 0.6) is 11.5 Å². The number of rotatable bonds is 9. The number of amides is 4. The van der Waals surface area contributed by atoms with Crippen molar-refractivity contribution in [3.8, 4) is 11.5 Å². The van der Waals surface area contributed by atoms with E-state index < -0.39 is 110 Å². The van der Waals surface area contributed by atoms with E-state index in [1.165, 1.54) is 24.3 Å². The number of fused-ring (bicyclic) bond motifs is 4. The SMILES string of the molecule is O=C(O)CCCN1C(=O)C2CC=C3C(CC4(Cl)C(=O)N(c5c(F)c(F)c(F)c(F)c5F)C(=O)C4(Cl)C3c3ccc(OCc4ccccc4)cc3O)C2C1=O. The number of anilines is 1. The summed E-state index contributed by atoms with van der Waals surface area (Å²) in [6, 6.07) is 12.8. The summed E-state index contributed by atoms with van der Waals surface area (Å²) in [6.07, 6.45) is 0.230. The summed E-state index contributed by atoms with van der Waals surface area (Å²) in [5.41, 5.74) is -1.17. The largest absolute Gasteiger partial charge is 0.508 e. The van der Waals surface area contributed by atoms with Crippen LogP contribution in [-0.2, 0) is 30.6 Å². The molecule has 2 aliphatic heterocycles. The van der Waals surface area contributed by atoms with Gasteiger partial charge in [-0.05, 0) is 36.8 Å². The van der Waals surface area contributed by atoms with Crippen molar-refractivity contribution in [2.75, 3.05) is 11.4 Å². The number of alkyl halides is 2. The van der Waals surface area contributed by atoms with Crippen LogP contribution in [0.3, 0.4) is 0 Å². The highest BCUT2D eigenvalue weighted by Crippen LogP contribution is 2.66. The number of aromatic hydroxyl groups is 1. The molecule has 1 saturated carbocycles. The predicted molar refractivity (Wildman–Crippen MR) is 179 cm³/mol. The highest BCUT2D eigenvalue weighted by molar-refractivity contribution is 6.58. The lowest BCUT2D eigenvalue weighted by Crippen LogP contribution is -2.60. The standard InChI is InChI=1S/C37H27Cl2F5N2O8/c38-36-14-21-18(10-11-20-24(21)33(51)45(32(20)50)12-4-7-23(48)49)25(19-9-8-17(13-22(19)47)54-15-16-5-2-1-3-6-16)37(36,39)35(53)46(34(36)52)31-29(43)27(41)26(40)28(42)30(31)44/h1-3,5-6,8-10,13,20-21,24-25,47H,4,7,11-12,14-15H2,(H,48,49). The average molecular weight is 794 g/mol. The fraction of sp³-hybridized carbons (Fsp3) is 0.324. The van der Waals surface area contributed by atoms with E-state index in [0.717, 1.165) is 10.5 Å². The molecule has 282 valence electrons. The van der Waals surface area contributed by atoms with Gasteiger partial charge in [-0.15, -0.1) is 23.2 Å². The summed E-state index contributed by atoms with van der Waals surface area (Å²) in [7, 11) is 0. The molecule has 3 fully saturated rings. The number of aliphatic carboxylic acids is 1. The van der Waals surface area contributed by atoms with Crippen molar-refractivity contribution >= 4 is 58.5 Å². The Labute approximate surface area is 312 Å². The molecule has 4 amide bonds. The monoisotopic (exact) mass is 792 g/mol. The number of hydrogen-bond acceptors (Lipinski definition) is 7. The number of nitrogens with zero attached hydrogens (tertiary/aromatic N) is 2. The van der Waals surface area contributed by atoms with Crippen molar-refractivity contribution in [2.24, 2.45) is 17.8 Å². The number of phenolic OH excluding ortho intramolecular Hbond substituents is 1. The number of carboxylic acid groups (broad SMARTS) is 1. The molecule has 2 aliphatic carbocycles. The lowest BCUT2D eigenvalue weighted by molar-refractivity contribution is -0.142. The van der Waals surface area contributed by atoms with E-state index in [1.54, 1.807) is 30.3 Å². The van der Waals surface area contributed by atoms with Crippen LogP contribution in [0.1, 0.15) is 42.7 Å². The van der Waals surface area contributed by atoms with Gasteiger partial charge < -0.3 is 14.9 Å². The van der Waals surface area contributed by atoms with Crippen molar-refractivity contribution in [3.63, 3.8) is 0 Å². The summed E-state index contributed by atoms with van der Waals surface area (Å²) in [5, 5.41) is 20.6. The Morgan fingerprint density at radius 3 is 2.15 bits per heavy atom. The summed E-state index contributed by atoms with van der Waals surface area (Å²) >= 11 is 14.2. The highest BCUT2D eigenvalue weighted by atomic mass is 35.5. The second-order valence-electron chi connectivity index (χ2n) is 13.5. The van der Waals surface area contributed by atoms with Crippen molar-refractivity contribution in [1.82, 2.24) is 4.90 Å². The van der Waals surface area contributed by atoms with E-state index in [-0.39, 0.29) is 54.2 Å². The highest BCUT2D eigenvalue weighted by Gasteiger charge is 2.77. The zero-order chi connectivity index (χ0) is 39.0. The molecule has 7 rings (SSSR count). The Morgan fingerprint density at radius 1 is 0.870 bits per heavy atom. The van der Waals surface area contributed by atoms with Crippen LogP contribution in [0.15, 0.2) is 60.2 Å². The Kier molecular flexibility index (Phi) is 9.24. The Morgan fingerprint density at radius 2 is 1.52 bits per heavy atom. The maximum Gasteiger partial charge on any atom is 0.303 e. The lowest BCUT2D eigenvalue weighted by Gasteiger charge is -2.50. The van der Waals surface area contributed by atoms with Gasteiger partial charge in [-0.2, -0.15) is 0 Å². The van der Waals surface area contributed by atoms with Crippen LogP contribution in [0, 0.1) is 46.8 Å². The van der Waals surface area contributed by atoms with Gasteiger partial charge in [-0.3, -0.25) is 28.9 Å². The van der Waals surface area contributed by atoms with Gasteiger partial charge in [0.25, 0.3) is 11.8 Å². The van der Waals surface area contributed by atoms with Gasteiger partial charge in [-0.25, -0.2) is 26.9 Å². The zero-order valence-corrected chi connectivity index (χ0v) is 29.1. The van der Waals surface area contributed by atoms with Crippen LogP contribution in [0.2, 0.25) is 0 Å². The topological polar surface area (TPSA) is 142 Å². The van der Waals surface area contributed by atoms with Crippen LogP contribution in [0.25, 0.3) is 0 Å². The number of phenols is 1. The quantitative estimate of drug-likeness (QED) is 0.0663. The summed E-state index contributed by atoms with van der Waals surface area (Å²) in [6.45, 7) is -0.170. The molecule has 4 aliphatic rings. The number of carbonyl (C=O) groups excluding carboxylic acids is 4. The minimum atomic E-state index is -2.82. The number of ether oxygens (including phenoxy) is 1. The molecule has 0 spiro atoms. The molecule has 10 nitrogen and oxygen atoms in total. The summed E-state index contributed by atoms with van der Waals surface area (Å²) in [4.78, 5) is 62.3. The van der Waals surface area contributed by atoms with E-state index in [2.05, 4.69) is 0 Å². The molecule has 0 radical (unpaired) electrons. The molecular weight excluding hydrogens is 766 g/mol. The van der Waals surface area contributed by atoms with Crippen LogP contribution >= 0.6 is 23.2 Å². The van der Waals surface area contributed by atoms with Crippen molar-refractivity contribution in [1.29, 1.82) is 0 Å². The third kappa shape index (κ3) is 5.37. The molecule has 17 heteroatoms. The maximum atomic E-state index is 15.3. The van der Waals surface area contributed by atoms with Gasteiger partial charge in [-0.1, -0.05) is 48.0 Å². The number of carboxylic acids is 1. The van der Waals surface area contributed by atoms with Gasteiger partial charge in [0.15, 0.2) is 33.0 Å². The number of allylic oxidation sites excluding steroid dienone is 2. The second-order valence-corrected chi connectivity index (χ2v) is 14.8. The molecule has 3 aromatic rings. The first kappa shape index (κ1) is 37.3. The number of carbonyl (C=O) groups is 5. The van der Waals surface area contributed by atoms with Gasteiger partial charge >= 0.3 is 5.97 Å². The maximum absolute atomic E-state index is 15.3. The average Bonchev–Trinajstić information content (AvgIpc) is 3.47. The normalized spacial score (nSPS) is 27.5. The van der Waals surface area contributed by atoms with Crippen molar-refractivity contribution in [2.45, 2.75) is 48.0 Å². The van der Waals surface area contributed by atoms with E-state index in [1.807, 2.05) is 0 Å². The molecular formula is C37H27Cl2F5N2O8. The molecule has 6 atom stereocenters. The number of halogens is 7. The van der Waals surface area contributed by atoms with Crippen LogP contribution in [0.4, 0.5) is 27.6 Å². The fourth-order valence-electron chi connectivity index (χ4n) is 8.18. The van der Waals surface area contributed by atoms with Crippen LogP contribution in [-0.4, -0.2) is 61.0 Å². The molecule has 0 bridgehead atoms. The molecule has 2 N–H and O–H groups in total. The van der Waals surface area contributed by atoms with Crippen molar-refractivity contribution in [3.05, 3.63) is 100 Å². The van der Waals surface area contributed by atoms with Crippen molar-refractivity contribution < 1.29 is 60.9 Å². The smallest absolute Gasteiger partial charge is 0.303 e. The summed E-state index contributed by atoms with van der Waals surface area (Å²) < 4.78 is 79.4. The number of hydrogen-bond donors (Lipinski definition) is 2. The second kappa shape index (κ2) is 13.4. The Balaban J connectivity index is 1.36. The first-order chi connectivity index (χ1) is 25.5. The molecule has 2 heterocycles. The van der Waals surface area contributed by atoms with Gasteiger partial charge in [0, 0.05) is 30.5 Å². The van der Waals surface area contributed by atoms with Gasteiger partial charge in [0.05, 0.1) is 11.8 Å². The Hall–Kier alpha value is -5.02. The first-order valence-corrected chi connectivity index (χ1v) is 17.3.